The smallest absolute Gasteiger partial charge is 0.120 e. The number of hydrogen-bond acceptors (Lipinski definition) is 4. The minimum atomic E-state index is -0.558. The van der Waals surface area contributed by atoms with Crippen LogP contribution in [0.1, 0.15) is 5.56 Å². The molecule has 2 N–H and O–H groups in total. The van der Waals surface area contributed by atoms with Gasteiger partial charge in [0.25, 0.3) is 0 Å². The SMILES string of the molecule is Cn1cc(CCNCC(O)COc2cccc(Cl)c2)cn1. The number of hydrogen-bond donors (Lipinski definition) is 2. The lowest BCUT2D eigenvalue weighted by atomic mass is 10.2. The Hall–Kier alpha value is -1.56. The zero-order chi connectivity index (χ0) is 15.1. The van der Waals surface area contributed by atoms with Gasteiger partial charge in [0.1, 0.15) is 18.5 Å². The highest BCUT2D eigenvalue weighted by Gasteiger charge is 2.05. The number of halogens is 1. The fourth-order valence-electron chi connectivity index (χ4n) is 1.91. The van der Waals surface area contributed by atoms with Gasteiger partial charge in [-0.1, -0.05) is 17.7 Å². The maximum absolute atomic E-state index is 9.84. The minimum absolute atomic E-state index is 0.236. The first kappa shape index (κ1) is 15.8. The monoisotopic (exact) mass is 309 g/mol. The van der Waals surface area contributed by atoms with Gasteiger partial charge in [0.05, 0.1) is 6.20 Å². The van der Waals surface area contributed by atoms with Crippen molar-refractivity contribution in [3.63, 3.8) is 0 Å². The summed E-state index contributed by atoms with van der Waals surface area (Å²) in [6, 6.07) is 7.14. The van der Waals surface area contributed by atoms with Gasteiger partial charge >= 0.3 is 0 Å². The van der Waals surface area contributed by atoms with Gasteiger partial charge in [-0.05, 0) is 36.7 Å². The molecule has 1 atom stereocenters. The third kappa shape index (κ3) is 5.75. The highest BCUT2D eigenvalue weighted by molar-refractivity contribution is 6.30. The molecule has 0 spiro atoms. The first-order valence-corrected chi connectivity index (χ1v) is 7.26. The molecule has 6 heteroatoms. The van der Waals surface area contributed by atoms with Crippen LogP contribution < -0.4 is 10.1 Å². The van der Waals surface area contributed by atoms with Gasteiger partial charge in [0.2, 0.25) is 0 Å². The van der Waals surface area contributed by atoms with E-state index in [2.05, 4.69) is 10.4 Å². The van der Waals surface area contributed by atoms with Crippen LogP contribution in [0.15, 0.2) is 36.7 Å². The lowest BCUT2D eigenvalue weighted by Crippen LogP contribution is -2.32. The largest absolute Gasteiger partial charge is 0.491 e. The Balaban J connectivity index is 1.60. The predicted octanol–water partition coefficient (Wildman–Crippen LogP) is 1.65. The Kier molecular flexibility index (Phi) is 6.04. The number of nitrogens with one attached hydrogen (secondary N) is 1. The van der Waals surface area contributed by atoms with E-state index in [9.17, 15) is 5.11 Å². The normalized spacial score (nSPS) is 12.3. The maximum atomic E-state index is 9.84. The third-order valence-electron chi connectivity index (χ3n) is 2.97. The number of aliphatic hydroxyl groups is 1. The summed E-state index contributed by atoms with van der Waals surface area (Å²) in [5.74, 6) is 0.664. The van der Waals surface area contributed by atoms with Gasteiger partial charge in [-0.15, -0.1) is 0 Å². The molecule has 1 aromatic carbocycles. The fourth-order valence-corrected chi connectivity index (χ4v) is 2.09. The molecule has 21 heavy (non-hydrogen) atoms. The van der Waals surface area contributed by atoms with Crippen LogP contribution in [0.3, 0.4) is 0 Å². The summed E-state index contributed by atoms with van der Waals surface area (Å²) < 4.78 is 7.26. The van der Waals surface area contributed by atoms with Crippen LogP contribution in [0, 0.1) is 0 Å². The molecule has 0 aliphatic rings. The van der Waals surface area contributed by atoms with E-state index in [-0.39, 0.29) is 6.61 Å². The second-order valence-electron chi connectivity index (χ2n) is 4.90. The molecule has 2 aromatic rings. The molecule has 2 rings (SSSR count). The van der Waals surface area contributed by atoms with Crippen LogP contribution in [0.2, 0.25) is 5.02 Å². The fraction of sp³-hybridized carbons (Fsp3) is 0.400. The quantitative estimate of drug-likeness (QED) is 0.728. The first-order chi connectivity index (χ1) is 10.1. The standard InChI is InChI=1S/C15H20ClN3O2/c1-19-10-12(8-18-19)5-6-17-9-14(20)11-21-15-4-2-3-13(16)7-15/h2-4,7-8,10,14,17,20H,5-6,9,11H2,1H3. The van der Waals surface area contributed by atoms with Gasteiger partial charge in [0, 0.05) is 24.8 Å². The zero-order valence-corrected chi connectivity index (χ0v) is 12.8. The molecule has 114 valence electrons. The van der Waals surface area contributed by atoms with Crippen LogP contribution in [0.25, 0.3) is 0 Å². The molecular weight excluding hydrogens is 290 g/mol. The minimum Gasteiger partial charge on any atom is -0.491 e. The van der Waals surface area contributed by atoms with Gasteiger partial charge in [-0.3, -0.25) is 4.68 Å². The van der Waals surface area contributed by atoms with E-state index in [1.807, 2.05) is 31.6 Å². The summed E-state index contributed by atoms with van der Waals surface area (Å²) >= 11 is 5.86. The zero-order valence-electron chi connectivity index (χ0n) is 12.0. The number of benzene rings is 1. The van der Waals surface area contributed by atoms with Crippen LogP contribution in [0.4, 0.5) is 0 Å². The average Bonchev–Trinajstić information content (AvgIpc) is 2.87. The highest BCUT2D eigenvalue weighted by Crippen LogP contribution is 2.17. The Labute approximate surface area is 129 Å². The van der Waals surface area contributed by atoms with Gasteiger partial charge in [0.15, 0.2) is 0 Å². The first-order valence-electron chi connectivity index (χ1n) is 6.88. The van der Waals surface area contributed by atoms with Crippen molar-refractivity contribution in [1.82, 2.24) is 15.1 Å². The van der Waals surface area contributed by atoms with Crippen molar-refractivity contribution in [2.45, 2.75) is 12.5 Å². The molecule has 5 nitrogen and oxygen atoms in total. The van der Waals surface area contributed by atoms with Gasteiger partial charge < -0.3 is 15.2 Å². The molecule has 0 saturated heterocycles. The Bertz CT molecular complexity index is 559. The van der Waals surface area contributed by atoms with Crippen LogP contribution in [0.5, 0.6) is 5.75 Å². The van der Waals surface area contributed by atoms with Crippen molar-refractivity contribution in [2.24, 2.45) is 7.05 Å². The van der Waals surface area contributed by atoms with E-state index < -0.39 is 6.10 Å². The van der Waals surface area contributed by atoms with Crippen molar-refractivity contribution >= 4 is 11.6 Å². The lowest BCUT2D eigenvalue weighted by molar-refractivity contribution is 0.106. The molecule has 0 aliphatic heterocycles. The lowest BCUT2D eigenvalue weighted by Gasteiger charge is -2.13. The predicted molar refractivity (Wildman–Crippen MR) is 82.7 cm³/mol. The molecule has 0 aliphatic carbocycles. The summed E-state index contributed by atoms with van der Waals surface area (Å²) in [6.07, 6.45) is 4.16. The van der Waals surface area contributed by atoms with E-state index in [4.69, 9.17) is 16.3 Å². The number of nitrogens with zero attached hydrogens (tertiary/aromatic N) is 2. The number of ether oxygens (including phenoxy) is 1. The second-order valence-corrected chi connectivity index (χ2v) is 5.34. The number of aliphatic hydroxyl groups excluding tert-OH is 1. The number of aromatic nitrogens is 2. The molecule has 1 aromatic heterocycles. The second kappa shape index (κ2) is 8.02. The number of aryl methyl sites for hydroxylation is 1. The van der Waals surface area contributed by atoms with Crippen molar-refractivity contribution in [3.8, 4) is 5.75 Å². The van der Waals surface area contributed by atoms with Crippen molar-refractivity contribution in [2.75, 3.05) is 19.7 Å². The molecule has 1 heterocycles. The topological polar surface area (TPSA) is 59.3 Å². The molecule has 0 saturated carbocycles. The molecule has 0 fully saturated rings. The van der Waals surface area contributed by atoms with Gasteiger partial charge in [-0.25, -0.2) is 0 Å². The Morgan fingerprint density at radius 1 is 1.48 bits per heavy atom. The summed E-state index contributed by atoms with van der Waals surface area (Å²) in [5.41, 5.74) is 1.18. The molecule has 0 bridgehead atoms. The number of rotatable bonds is 8. The van der Waals surface area contributed by atoms with Crippen LogP contribution in [-0.2, 0) is 13.5 Å². The van der Waals surface area contributed by atoms with E-state index in [0.717, 1.165) is 13.0 Å². The average molecular weight is 310 g/mol. The van der Waals surface area contributed by atoms with E-state index in [0.29, 0.717) is 17.3 Å². The highest BCUT2D eigenvalue weighted by atomic mass is 35.5. The Morgan fingerprint density at radius 3 is 3.05 bits per heavy atom. The summed E-state index contributed by atoms with van der Waals surface area (Å²) in [4.78, 5) is 0. The van der Waals surface area contributed by atoms with Crippen LogP contribution >= 0.6 is 11.6 Å². The van der Waals surface area contributed by atoms with E-state index >= 15 is 0 Å². The van der Waals surface area contributed by atoms with E-state index in [1.165, 1.54) is 5.56 Å². The molecule has 0 amide bonds. The van der Waals surface area contributed by atoms with Crippen molar-refractivity contribution in [3.05, 3.63) is 47.2 Å². The van der Waals surface area contributed by atoms with Crippen LogP contribution in [-0.4, -0.2) is 40.7 Å². The maximum Gasteiger partial charge on any atom is 0.120 e. The molecular formula is C15H20ClN3O2. The third-order valence-corrected chi connectivity index (χ3v) is 3.20. The Morgan fingerprint density at radius 2 is 2.33 bits per heavy atom. The summed E-state index contributed by atoms with van der Waals surface area (Å²) in [6.45, 7) is 1.51. The molecule has 0 radical (unpaired) electrons. The van der Waals surface area contributed by atoms with E-state index in [1.54, 1.807) is 16.8 Å². The van der Waals surface area contributed by atoms with Crippen molar-refractivity contribution in [1.29, 1.82) is 0 Å². The van der Waals surface area contributed by atoms with Gasteiger partial charge in [-0.2, -0.15) is 5.10 Å². The summed E-state index contributed by atoms with van der Waals surface area (Å²) in [5, 5.41) is 17.8. The summed E-state index contributed by atoms with van der Waals surface area (Å²) in [7, 11) is 1.90. The van der Waals surface area contributed by atoms with Crippen molar-refractivity contribution < 1.29 is 9.84 Å². The molecule has 1 unspecified atom stereocenters.